The van der Waals surface area contributed by atoms with Gasteiger partial charge in [0.15, 0.2) is 13.2 Å². The van der Waals surface area contributed by atoms with Crippen LogP contribution in [-0.2, 0) is 19.1 Å². The van der Waals surface area contributed by atoms with Gasteiger partial charge in [0.2, 0.25) is 0 Å². The van der Waals surface area contributed by atoms with E-state index in [4.69, 9.17) is 88.6 Å². The summed E-state index contributed by atoms with van der Waals surface area (Å²) in [5.74, 6) is -0.443. The van der Waals surface area contributed by atoms with Crippen molar-refractivity contribution in [3.63, 3.8) is 0 Å². The number of carbonyl (C=O) groups is 2. The highest BCUT2D eigenvalue weighted by atomic mass is 35.5. The zero-order valence-electron chi connectivity index (χ0n) is 22.2. The number of benzene rings is 2. The first-order valence-corrected chi connectivity index (χ1v) is 14.7. The van der Waals surface area contributed by atoms with Gasteiger partial charge in [-0.1, -0.05) is 69.6 Å². The summed E-state index contributed by atoms with van der Waals surface area (Å²) in [5.41, 5.74) is 0. The van der Waals surface area contributed by atoms with Crippen molar-refractivity contribution in [2.75, 3.05) is 65.7 Å². The van der Waals surface area contributed by atoms with Crippen molar-refractivity contribution in [1.29, 1.82) is 0 Å². The highest BCUT2D eigenvalue weighted by Crippen LogP contribution is 2.34. The van der Waals surface area contributed by atoms with Gasteiger partial charge in [-0.3, -0.25) is 0 Å². The van der Waals surface area contributed by atoms with E-state index in [1.165, 1.54) is 24.3 Å². The molecule has 16 heteroatoms. The molecule has 1 aliphatic rings. The second-order valence-electron chi connectivity index (χ2n) is 8.80. The molecule has 1 heterocycles. The van der Waals surface area contributed by atoms with Crippen LogP contribution < -0.4 is 9.47 Å². The SMILES string of the molecule is Cl.Cl.O=C(COc1cc(Cl)c(Cl)cc1Cl)OCCCN1CCN(CCCOC(=O)COc2cc(Cl)c(Cl)cc2Cl)CC1. The lowest BCUT2D eigenvalue weighted by Crippen LogP contribution is -2.47. The molecule has 0 atom stereocenters. The summed E-state index contributed by atoms with van der Waals surface area (Å²) in [7, 11) is 0. The number of hydrogen-bond acceptors (Lipinski definition) is 8. The summed E-state index contributed by atoms with van der Waals surface area (Å²) in [6.07, 6.45) is 1.43. The van der Waals surface area contributed by atoms with Gasteiger partial charge in [0.25, 0.3) is 0 Å². The number of nitrogens with zero attached hydrogens (tertiary/aromatic N) is 2. The average molecular weight is 750 g/mol. The van der Waals surface area contributed by atoms with Crippen LogP contribution in [0.4, 0.5) is 0 Å². The van der Waals surface area contributed by atoms with E-state index in [-0.39, 0.29) is 69.6 Å². The fourth-order valence-corrected chi connectivity index (χ4v) is 4.95. The van der Waals surface area contributed by atoms with E-state index < -0.39 is 11.9 Å². The second-order valence-corrected chi connectivity index (χ2v) is 11.2. The highest BCUT2D eigenvalue weighted by molar-refractivity contribution is 6.44. The molecule has 1 saturated heterocycles. The van der Waals surface area contributed by atoms with Crippen LogP contribution in [0.5, 0.6) is 11.5 Å². The maximum absolute atomic E-state index is 12.0. The average Bonchev–Trinajstić information content (AvgIpc) is 2.92. The Labute approximate surface area is 287 Å². The van der Waals surface area contributed by atoms with Crippen LogP contribution in [-0.4, -0.2) is 87.4 Å². The lowest BCUT2D eigenvalue weighted by molar-refractivity contribution is -0.147. The van der Waals surface area contributed by atoms with Crippen LogP contribution in [0.2, 0.25) is 30.1 Å². The Hall–Kier alpha value is -0.780. The van der Waals surface area contributed by atoms with Crippen molar-refractivity contribution in [3.8, 4) is 11.5 Å². The summed E-state index contributed by atoms with van der Waals surface area (Å²) < 4.78 is 21.2. The van der Waals surface area contributed by atoms with Crippen molar-refractivity contribution < 1.29 is 28.5 Å². The van der Waals surface area contributed by atoms with E-state index in [9.17, 15) is 9.59 Å². The summed E-state index contributed by atoms with van der Waals surface area (Å²) >= 11 is 35.7. The van der Waals surface area contributed by atoms with Gasteiger partial charge >= 0.3 is 11.9 Å². The topological polar surface area (TPSA) is 77.5 Å². The van der Waals surface area contributed by atoms with Gasteiger partial charge < -0.3 is 28.7 Å². The zero-order chi connectivity index (χ0) is 29.1. The standard InChI is InChI=1S/C26H28Cl6N2O6.2ClH/c27-17-11-21(31)23(13-19(17)29)39-15-25(35)37-9-1-3-33-5-7-34(8-6-33)4-2-10-38-26(36)16-40-24-14-20(30)18(28)12-22(24)32;;/h11-14H,1-10,15-16H2;2*1H. The van der Waals surface area contributed by atoms with Crippen LogP contribution in [0.25, 0.3) is 0 Å². The maximum Gasteiger partial charge on any atom is 0.344 e. The number of carbonyl (C=O) groups excluding carboxylic acids is 2. The molecule has 0 aromatic heterocycles. The molecule has 2 aromatic rings. The van der Waals surface area contributed by atoms with E-state index in [1.807, 2.05) is 0 Å². The van der Waals surface area contributed by atoms with Gasteiger partial charge in [0.1, 0.15) is 11.5 Å². The van der Waals surface area contributed by atoms with Crippen LogP contribution >= 0.6 is 94.4 Å². The number of esters is 2. The first-order valence-electron chi connectivity index (χ1n) is 12.4. The van der Waals surface area contributed by atoms with Crippen LogP contribution in [0.15, 0.2) is 24.3 Å². The molecule has 8 nitrogen and oxygen atoms in total. The normalized spacial score (nSPS) is 13.5. The number of rotatable bonds is 14. The minimum Gasteiger partial charge on any atom is -0.480 e. The van der Waals surface area contributed by atoms with Gasteiger partial charge in [0, 0.05) is 51.4 Å². The van der Waals surface area contributed by atoms with Crippen molar-refractivity contribution >= 4 is 106 Å². The number of piperazine rings is 1. The Morgan fingerprint density at radius 2 is 0.905 bits per heavy atom. The number of hydrogen-bond donors (Lipinski definition) is 0. The van der Waals surface area contributed by atoms with E-state index >= 15 is 0 Å². The van der Waals surface area contributed by atoms with Gasteiger partial charge in [-0.15, -0.1) is 24.8 Å². The van der Waals surface area contributed by atoms with E-state index in [2.05, 4.69) is 9.80 Å². The third kappa shape index (κ3) is 13.5. The quantitative estimate of drug-likeness (QED) is 0.113. The molecule has 3 rings (SSSR count). The number of ether oxygens (including phenoxy) is 4. The summed E-state index contributed by atoms with van der Waals surface area (Å²) in [6, 6.07) is 5.82. The maximum atomic E-state index is 12.0. The first kappa shape index (κ1) is 39.2. The van der Waals surface area contributed by atoms with E-state index in [0.29, 0.717) is 36.1 Å². The Bertz CT molecular complexity index is 1080. The molecule has 236 valence electrons. The van der Waals surface area contributed by atoms with Crippen LogP contribution in [0.3, 0.4) is 0 Å². The highest BCUT2D eigenvalue weighted by Gasteiger charge is 2.17. The fourth-order valence-electron chi connectivity index (χ4n) is 3.77. The van der Waals surface area contributed by atoms with Gasteiger partial charge in [-0.25, -0.2) is 9.59 Å². The summed E-state index contributed by atoms with van der Waals surface area (Å²) in [5, 5.41) is 1.70. The molecule has 0 aliphatic carbocycles. The molecular formula is C26H30Cl8N2O6. The van der Waals surface area contributed by atoms with Crippen LogP contribution in [0, 0.1) is 0 Å². The molecule has 0 unspecified atom stereocenters. The summed E-state index contributed by atoms with van der Waals surface area (Å²) in [6.45, 7) is 5.32. The molecule has 0 N–H and O–H groups in total. The molecule has 1 fully saturated rings. The predicted molar refractivity (Wildman–Crippen MR) is 172 cm³/mol. The van der Waals surface area contributed by atoms with Gasteiger partial charge in [-0.05, 0) is 25.0 Å². The molecule has 0 bridgehead atoms. The predicted octanol–water partition coefficient (Wildman–Crippen LogP) is 7.39. The Morgan fingerprint density at radius 1 is 0.571 bits per heavy atom. The van der Waals surface area contributed by atoms with E-state index in [0.717, 1.165) is 39.3 Å². The molecule has 2 aromatic carbocycles. The minimum absolute atomic E-state index is 0. The molecule has 0 spiro atoms. The third-order valence-electron chi connectivity index (χ3n) is 5.87. The largest absolute Gasteiger partial charge is 0.480 e. The van der Waals surface area contributed by atoms with E-state index in [1.54, 1.807) is 0 Å². The van der Waals surface area contributed by atoms with Gasteiger partial charge in [-0.2, -0.15) is 0 Å². The van der Waals surface area contributed by atoms with Crippen LogP contribution in [0.1, 0.15) is 12.8 Å². The fraction of sp³-hybridized carbons (Fsp3) is 0.462. The summed E-state index contributed by atoms with van der Waals surface area (Å²) in [4.78, 5) is 28.6. The Balaban J connectivity index is 0.00000441. The first-order chi connectivity index (χ1) is 19.1. The van der Waals surface area contributed by atoms with Crippen molar-refractivity contribution in [2.24, 2.45) is 0 Å². The molecule has 0 saturated carbocycles. The number of halogens is 8. The lowest BCUT2D eigenvalue weighted by Gasteiger charge is -2.34. The zero-order valence-corrected chi connectivity index (χ0v) is 28.4. The smallest absolute Gasteiger partial charge is 0.344 e. The monoisotopic (exact) mass is 746 g/mol. The van der Waals surface area contributed by atoms with Gasteiger partial charge in [0.05, 0.1) is 43.3 Å². The molecule has 0 amide bonds. The molecule has 1 aliphatic heterocycles. The second kappa shape index (κ2) is 20.3. The Morgan fingerprint density at radius 3 is 1.26 bits per heavy atom. The molecule has 0 radical (unpaired) electrons. The molecular weight excluding hydrogens is 720 g/mol. The minimum atomic E-state index is -0.489. The van der Waals surface area contributed by atoms with Crippen molar-refractivity contribution in [3.05, 3.63) is 54.4 Å². The lowest BCUT2D eigenvalue weighted by atomic mass is 10.2. The van der Waals surface area contributed by atoms with Crippen molar-refractivity contribution in [1.82, 2.24) is 9.80 Å². The third-order valence-corrected chi connectivity index (χ3v) is 7.90. The Kier molecular flexibility index (Phi) is 19.0. The van der Waals surface area contributed by atoms with Crippen molar-refractivity contribution in [2.45, 2.75) is 12.8 Å². The molecule has 42 heavy (non-hydrogen) atoms.